The van der Waals surface area contributed by atoms with Crippen molar-refractivity contribution in [2.45, 2.75) is 32.8 Å². The van der Waals surface area contributed by atoms with Gasteiger partial charge in [0.15, 0.2) is 6.61 Å². The number of H-pyrrole nitrogens is 1. The van der Waals surface area contributed by atoms with Crippen molar-refractivity contribution in [2.24, 2.45) is 0 Å². The maximum absolute atomic E-state index is 11.7. The molecule has 0 radical (unpaired) electrons. The van der Waals surface area contributed by atoms with Crippen LogP contribution in [0.4, 0.5) is 9.59 Å². The summed E-state index contributed by atoms with van der Waals surface area (Å²) in [6.45, 7) is 5.69. The molecule has 0 fully saturated rings. The Labute approximate surface area is 152 Å². The lowest BCUT2D eigenvalue weighted by atomic mass is 10.1. The Hall–Kier alpha value is -3.14. The number of hydrogen-bond donors (Lipinski definition) is 2. The van der Waals surface area contributed by atoms with E-state index in [1.165, 1.54) is 0 Å². The van der Waals surface area contributed by atoms with Crippen molar-refractivity contribution < 1.29 is 23.8 Å². The van der Waals surface area contributed by atoms with E-state index in [0.717, 1.165) is 16.5 Å². The summed E-state index contributed by atoms with van der Waals surface area (Å²) in [7, 11) is 0. The van der Waals surface area contributed by atoms with Gasteiger partial charge < -0.3 is 24.5 Å². The normalized spacial score (nSPS) is 10.8. The van der Waals surface area contributed by atoms with Crippen LogP contribution in [0.5, 0.6) is 5.75 Å². The van der Waals surface area contributed by atoms with Crippen LogP contribution in [0.3, 0.4) is 0 Å². The van der Waals surface area contributed by atoms with E-state index < -0.39 is 17.8 Å². The third-order valence-corrected chi connectivity index (χ3v) is 3.28. The largest absolute Gasteiger partial charge is 0.514 e. The first-order valence-corrected chi connectivity index (χ1v) is 8.13. The standard InChI is InChI=1S/C19H22N2O5/c1-5-10-24-18(23)25-14-6-7-16-15(11-14)13(12-21-16)8-9-20-17(22)26-19(2,3)4/h1,6-7,11-12,21H,8-10H2,2-4H3,(H,20,22). The molecule has 1 amide bonds. The number of benzene rings is 1. The number of carbonyl (C=O) groups excluding carboxylic acids is 2. The fourth-order valence-corrected chi connectivity index (χ4v) is 2.27. The molecule has 2 N–H and O–H groups in total. The van der Waals surface area contributed by atoms with Gasteiger partial charge in [0.2, 0.25) is 0 Å². The first-order chi connectivity index (χ1) is 12.3. The van der Waals surface area contributed by atoms with E-state index in [4.69, 9.17) is 15.9 Å². The second-order valence-corrected chi connectivity index (χ2v) is 6.54. The van der Waals surface area contributed by atoms with Crippen molar-refractivity contribution in [1.29, 1.82) is 0 Å². The van der Waals surface area contributed by atoms with Crippen LogP contribution in [0.2, 0.25) is 0 Å². The average molecular weight is 358 g/mol. The Balaban J connectivity index is 1.98. The molecule has 1 heterocycles. The molecule has 2 rings (SSSR count). The fraction of sp³-hybridized carbons (Fsp3) is 0.368. The van der Waals surface area contributed by atoms with Crippen LogP contribution in [-0.4, -0.2) is 36.0 Å². The van der Waals surface area contributed by atoms with Gasteiger partial charge in [0.25, 0.3) is 0 Å². The quantitative estimate of drug-likeness (QED) is 0.486. The third kappa shape index (κ3) is 5.74. The summed E-state index contributed by atoms with van der Waals surface area (Å²) < 4.78 is 15.0. The van der Waals surface area contributed by atoms with Gasteiger partial charge in [-0.3, -0.25) is 0 Å². The third-order valence-electron chi connectivity index (χ3n) is 3.28. The second kappa shape index (κ2) is 8.30. The SMILES string of the molecule is C#CCOC(=O)Oc1ccc2[nH]cc(CCNC(=O)OC(C)(C)C)c2c1. The second-order valence-electron chi connectivity index (χ2n) is 6.54. The molecule has 0 bridgehead atoms. The molecule has 0 saturated heterocycles. The van der Waals surface area contributed by atoms with E-state index >= 15 is 0 Å². The van der Waals surface area contributed by atoms with E-state index in [1.54, 1.807) is 18.2 Å². The number of carbonyl (C=O) groups is 2. The molecule has 0 atom stereocenters. The lowest BCUT2D eigenvalue weighted by Crippen LogP contribution is -2.33. The summed E-state index contributed by atoms with van der Waals surface area (Å²) in [5, 5.41) is 3.60. The van der Waals surface area contributed by atoms with Gasteiger partial charge in [0, 0.05) is 23.6 Å². The minimum absolute atomic E-state index is 0.146. The van der Waals surface area contributed by atoms with Gasteiger partial charge in [-0.1, -0.05) is 5.92 Å². The number of hydrogen-bond acceptors (Lipinski definition) is 5. The van der Waals surface area contributed by atoms with E-state index in [9.17, 15) is 9.59 Å². The number of rotatable bonds is 5. The molecule has 1 aromatic heterocycles. The van der Waals surface area contributed by atoms with Crippen LogP contribution in [0.15, 0.2) is 24.4 Å². The predicted molar refractivity (Wildman–Crippen MR) is 97.0 cm³/mol. The van der Waals surface area contributed by atoms with Gasteiger partial charge in [-0.2, -0.15) is 0 Å². The Morgan fingerprint density at radius 1 is 1.31 bits per heavy atom. The van der Waals surface area contributed by atoms with Crippen LogP contribution in [0, 0.1) is 12.3 Å². The molecule has 1 aromatic carbocycles. The zero-order chi connectivity index (χ0) is 19.2. The molecule has 2 aromatic rings. The molecule has 0 saturated carbocycles. The van der Waals surface area contributed by atoms with Crippen LogP contribution >= 0.6 is 0 Å². The average Bonchev–Trinajstić information content (AvgIpc) is 2.94. The number of nitrogens with one attached hydrogen (secondary N) is 2. The van der Waals surface area contributed by atoms with Crippen LogP contribution < -0.4 is 10.1 Å². The summed E-state index contributed by atoms with van der Waals surface area (Å²) in [5.74, 6) is 2.54. The number of aromatic nitrogens is 1. The first kappa shape index (κ1) is 19.2. The number of aromatic amines is 1. The highest BCUT2D eigenvalue weighted by Gasteiger charge is 2.16. The maximum Gasteiger partial charge on any atom is 0.514 e. The summed E-state index contributed by atoms with van der Waals surface area (Å²) in [6, 6.07) is 5.17. The molecule has 0 aliphatic rings. The maximum atomic E-state index is 11.7. The Kier molecular flexibility index (Phi) is 6.12. The van der Waals surface area contributed by atoms with Gasteiger partial charge in [-0.05, 0) is 51.0 Å². The van der Waals surface area contributed by atoms with Crippen LogP contribution in [0.1, 0.15) is 26.3 Å². The molecule has 0 aliphatic heterocycles. The molecule has 0 aliphatic carbocycles. The predicted octanol–water partition coefficient (Wildman–Crippen LogP) is 3.38. The van der Waals surface area contributed by atoms with E-state index in [1.807, 2.05) is 27.0 Å². The van der Waals surface area contributed by atoms with Crippen LogP contribution in [-0.2, 0) is 15.9 Å². The van der Waals surface area contributed by atoms with Gasteiger partial charge >= 0.3 is 12.2 Å². The lowest BCUT2D eigenvalue weighted by molar-refractivity contribution is 0.0528. The summed E-state index contributed by atoms with van der Waals surface area (Å²) in [5.41, 5.74) is 1.32. The number of fused-ring (bicyclic) bond motifs is 1. The van der Waals surface area contributed by atoms with Crippen molar-refractivity contribution >= 4 is 23.2 Å². The van der Waals surface area contributed by atoms with Gasteiger partial charge in [-0.15, -0.1) is 6.42 Å². The summed E-state index contributed by atoms with van der Waals surface area (Å²) >= 11 is 0. The molecule has 7 heteroatoms. The number of amides is 1. The lowest BCUT2D eigenvalue weighted by Gasteiger charge is -2.19. The monoisotopic (exact) mass is 358 g/mol. The van der Waals surface area contributed by atoms with Crippen molar-refractivity contribution in [3.63, 3.8) is 0 Å². The number of alkyl carbamates (subject to hydrolysis) is 1. The summed E-state index contributed by atoms with van der Waals surface area (Å²) in [4.78, 5) is 26.3. The van der Waals surface area contributed by atoms with Crippen molar-refractivity contribution in [3.05, 3.63) is 30.0 Å². The fourth-order valence-electron chi connectivity index (χ4n) is 2.27. The molecule has 26 heavy (non-hydrogen) atoms. The topological polar surface area (TPSA) is 89.7 Å². The smallest absolute Gasteiger partial charge is 0.444 e. The summed E-state index contributed by atoms with van der Waals surface area (Å²) in [6.07, 6.45) is 6.15. The number of terminal acetylenes is 1. The molecular formula is C19H22N2O5. The van der Waals surface area contributed by atoms with Gasteiger partial charge in [0.05, 0.1) is 0 Å². The zero-order valence-electron chi connectivity index (χ0n) is 15.0. The number of ether oxygens (including phenoxy) is 3. The van der Waals surface area contributed by atoms with Crippen molar-refractivity contribution in [2.75, 3.05) is 13.2 Å². The molecule has 0 unspecified atom stereocenters. The molecular weight excluding hydrogens is 336 g/mol. The van der Waals surface area contributed by atoms with Crippen molar-refractivity contribution in [3.8, 4) is 18.1 Å². The highest BCUT2D eigenvalue weighted by Crippen LogP contribution is 2.24. The van der Waals surface area contributed by atoms with E-state index in [0.29, 0.717) is 18.7 Å². The Morgan fingerprint density at radius 2 is 2.08 bits per heavy atom. The Bertz CT molecular complexity index is 827. The van der Waals surface area contributed by atoms with Crippen LogP contribution in [0.25, 0.3) is 10.9 Å². The molecule has 138 valence electrons. The van der Waals surface area contributed by atoms with Gasteiger partial charge in [0.1, 0.15) is 11.4 Å². The first-order valence-electron chi connectivity index (χ1n) is 8.13. The van der Waals surface area contributed by atoms with Gasteiger partial charge in [-0.25, -0.2) is 9.59 Å². The van der Waals surface area contributed by atoms with E-state index in [-0.39, 0.29) is 6.61 Å². The minimum Gasteiger partial charge on any atom is -0.444 e. The highest BCUT2D eigenvalue weighted by atomic mass is 16.7. The zero-order valence-corrected chi connectivity index (χ0v) is 15.0. The van der Waals surface area contributed by atoms with Crippen molar-refractivity contribution in [1.82, 2.24) is 10.3 Å². The molecule has 7 nitrogen and oxygen atoms in total. The highest BCUT2D eigenvalue weighted by molar-refractivity contribution is 5.85. The molecule has 0 spiro atoms. The minimum atomic E-state index is -0.856. The van der Waals surface area contributed by atoms with E-state index in [2.05, 4.69) is 21.0 Å². The Morgan fingerprint density at radius 3 is 2.77 bits per heavy atom.